The molecule has 1 aliphatic carbocycles. The summed E-state index contributed by atoms with van der Waals surface area (Å²) in [5, 5.41) is 30.0. The van der Waals surface area contributed by atoms with Gasteiger partial charge in [-0.05, 0) is 13.0 Å². The Hall–Kier alpha value is -4.41. The van der Waals surface area contributed by atoms with Gasteiger partial charge in [0, 0.05) is 24.8 Å². The Morgan fingerprint density at radius 2 is 2.02 bits per heavy atom. The van der Waals surface area contributed by atoms with Crippen LogP contribution in [0.3, 0.4) is 0 Å². The summed E-state index contributed by atoms with van der Waals surface area (Å²) in [4.78, 5) is 59.2. The molecule has 4 rings (SSSR count). The molecule has 1 saturated carbocycles. The second kappa shape index (κ2) is 12.2. The van der Waals surface area contributed by atoms with Gasteiger partial charge in [0.25, 0.3) is 11.8 Å². The number of thiazole rings is 1. The topological polar surface area (TPSA) is 299 Å². The third kappa shape index (κ3) is 6.89. The van der Waals surface area contributed by atoms with Gasteiger partial charge in [0.05, 0.1) is 19.3 Å². The fraction of sp³-hybridized carbons (Fsp3) is 0.500. The molecule has 0 radical (unpaired) electrons. The zero-order valence-corrected chi connectivity index (χ0v) is 23.3. The highest BCUT2D eigenvalue weighted by molar-refractivity contribution is 7.84. The molecule has 2 fully saturated rings. The number of carboxylic acid groups (broad SMARTS) is 1. The summed E-state index contributed by atoms with van der Waals surface area (Å²) in [6.07, 6.45) is 2.18. The number of rotatable bonds is 14. The van der Waals surface area contributed by atoms with E-state index in [0.717, 1.165) is 16.1 Å². The standard InChI is InChI=1S/C20H27N11O9S2/c21-4-1-5-23-19(36)24-6-10-7-25-30(28-10)8-12-14(16(33)31(12)42(37,38)39)27-15(32)13(11-9-41-18(22)26-11)29-40-20(2-3-20)17(34)35/h7,9,12,14H,1-6,8,21H2,(H2,22,26)(H,27,32)(H,34,35)(H2,23,24,36)(H,37,38,39). The molecule has 0 spiro atoms. The Kier molecular flexibility index (Phi) is 8.89. The molecule has 2 aromatic rings. The van der Waals surface area contributed by atoms with Crippen LogP contribution in [0.25, 0.3) is 0 Å². The first kappa shape index (κ1) is 30.5. The number of nitrogens with zero attached hydrogens (tertiary/aromatic N) is 6. The lowest BCUT2D eigenvalue weighted by atomic mass is 9.98. The number of anilines is 1. The first-order chi connectivity index (χ1) is 19.8. The van der Waals surface area contributed by atoms with Crippen molar-refractivity contribution in [2.75, 3.05) is 18.8 Å². The van der Waals surface area contributed by atoms with Gasteiger partial charge in [-0.3, -0.25) is 14.1 Å². The molecule has 2 unspecified atom stereocenters. The molecule has 2 aromatic heterocycles. The fourth-order valence-electron chi connectivity index (χ4n) is 3.75. The number of nitrogen functional groups attached to an aromatic ring is 1. The number of hydrogen-bond donors (Lipinski definition) is 7. The quantitative estimate of drug-likeness (QED) is 0.0360. The molecule has 228 valence electrons. The van der Waals surface area contributed by atoms with Crippen LogP contribution < -0.4 is 27.4 Å². The van der Waals surface area contributed by atoms with Crippen LogP contribution in [0.1, 0.15) is 30.7 Å². The van der Waals surface area contributed by atoms with Gasteiger partial charge in [0.15, 0.2) is 10.8 Å². The van der Waals surface area contributed by atoms with Crippen molar-refractivity contribution in [3.8, 4) is 0 Å². The zero-order chi connectivity index (χ0) is 30.7. The monoisotopic (exact) mass is 629 g/mol. The van der Waals surface area contributed by atoms with Crippen molar-refractivity contribution in [2.24, 2.45) is 10.9 Å². The Balaban J connectivity index is 1.47. The second-order valence-electron chi connectivity index (χ2n) is 9.17. The van der Waals surface area contributed by atoms with Gasteiger partial charge in [-0.1, -0.05) is 5.16 Å². The van der Waals surface area contributed by atoms with Gasteiger partial charge < -0.3 is 37.4 Å². The predicted octanol–water partition coefficient (Wildman–Crippen LogP) is -3.00. The molecule has 4 amide bonds. The number of amides is 4. The fourth-order valence-corrected chi connectivity index (χ4v) is 5.17. The van der Waals surface area contributed by atoms with E-state index in [1.165, 1.54) is 11.6 Å². The molecular weight excluding hydrogens is 602 g/mol. The van der Waals surface area contributed by atoms with E-state index in [2.05, 4.69) is 36.3 Å². The number of oxime groups is 1. The number of aromatic nitrogens is 4. The number of β-lactam (4-membered cyclic amide) rings is 1. The third-order valence-electron chi connectivity index (χ3n) is 6.12. The van der Waals surface area contributed by atoms with Crippen molar-refractivity contribution in [1.29, 1.82) is 0 Å². The normalized spacial score (nSPS) is 19.5. The molecule has 1 aliphatic heterocycles. The molecule has 9 N–H and O–H groups in total. The molecule has 42 heavy (non-hydrogen) atoms. The van der Waals surface area contributed by atoms with Crippen LogP contribution in [0.4, 0.5) is 9.93 Å². The van der Waals surface area contributed by atoms with Crippen LogP contribution in [-0.2, 0) is 42.6 Å². The first-order valence-corrected chi connectivity index (χ1v) is 14.6. The number of nitrogens with two attached hydrogens (primary N) is 2. The van der Waals surface area contributed by atoms with E-state index in [1.54, 1.807) is 0 Å². The van der Waals surface area contributed by atoms with Crippen LogP contribution in [0, 0.1) is 0 Å². The average Bonchev–Trinajstić information content (AvgIpc) is 3.38. The summed E-state index contributed by atoms with van der Waals surface area (Å²) in [6.45, 7) is 0.355. The van der Waals surface area contributed by atoms with Crippen molar-refractivity contribution in [1.82, 2.24) is 40.2 Å². The summed E-state index contributed by atoms with van der Waals surface area (Å²) in [5.41, 5.74) is 9.11. The molecule has 2 aliphatic rings. The predicted molar refractivity (Wildman–Crippen MR) is 142 cm³/mol. The van der Waals surface area contributed by atoms with E-state index in [1.807, 2.05) is 0 Å². The lowest BCUT2D eigenvalue weighted by molar-refractivity contribution is -0.153. The van der Waals surface area contributed by atoms with Crippen molar-refractivity contribution < 1.29 is 42.1 Å². The molecule has 0 aromatic carbocycles. The summed E-state index contributed by atoms with van der Waals surface area (Å²) < 4.78 is 33.6. The minimum Gasteiger partial charge on any atom is -0.478 e. The lowest BCUT2D eigenvalue weighted by Gasteiger charge is -2.43. The van der Waals surface area contributed by atoms with Gasteiger partial charge in [0.1, 0.15) is 23.5 Å². The van der Waals surface area contributed by atoms with Gasteiger partial charge in [-0.25, -0.2) is 18.9 Å². The third-order valence-corrected chi connectivity index (χ3v) is 7.74. The van der Waals surface area contributed by atoms with Crippen LogP contribution in [0.15, 0.2) is 16.7 Å². The van der Waals surface area contributed by atoms with Gasteiger partial charge in [0.2, 0.25) is 5.60 Å². The van der Waals surface area contributed by atoms with E-state index in [0.29, 0.717) is 19.5 Å². The van der Waals surface area contributed by atoms with Crippen LogP contribution >= 0.6 is 11.3 Å². The first-order valence-electron chi connectivity index (χ1n) is 12.3. The Bertz CT molecular complexity index is 1500. The Labute approximate surface area is 241 Å². The van der Waals surface area contributed by atoms with E-state index in [9.17, 15) is 37.3 Å². The van der Waals surface area contributed by atoms with Crippen molar-refractivity contribution in [2.45, 2.75) is 50.0 Å². The molecular formula is C20H27N11O9S2. The highest BCUT2D eigenvalue weighted by Gasteiger charge is 2.56. The number of hydrogen-bond acceptors (Lipinski definition) is 14. The summed E-state index contributed by atoms with van der Waals surface area (Å²) in [6, 6.07) is -3.35. The highest BCUT2D eigenvalue weighted by Crippen LogP contribution is 2.40. The number of urea groups is 1. The lowest BCUT2D eigenvalue weighted by Crippen LogP contribution is -2.73. The van der Waals surface area contributed by atoms with Gasteiger partial charge >= 0.3 is 22.3 Å². The summed E-state index contributed by atoms with van der Waals surface area (Å²) in [5.74, 6) is -3.50. The summed E-state index contributed by atoms with van der Waals surface area (Å²) in [7, 11) is -5.04. The van der Waals surface area contributed by atoms with Crippen molar-refractivity contribution in [3.63, 3.8) is 0 Å². The van der Waals surface area contributed by atoms with Crippen molar-refractivity contribution >= 4 is 56.3 Å². The average molecular weight is 630 g/mol. The number of nitrogens with one attached hydrogen (secondary N) is 3. The number of carboxylic acids is 1. The largest absolute Gasteiger partial charge is 0.478 e. The zero-order valence-electron chi connectivity index (χ0n) is 21.7. The minimum absolute atomic E-state index is 0.0331. The van der Waals surface area contributed by atoms with Crippen molar-refractivity contribution in [3.05, 3.63) is 23.0 Å². The molecule has 2 atom stereocenters. The maximum absolute atomic E-state index is 13.2. The van der Waals surface area contributed by atoms with E-state index >= 15 is 0 Å². The van der Waals surface area contributed by atoms with Crippen LogP contribution in [0.5, 0.6) is 0 Å². The van der Waals surface area contributed by atoms with Gasteiger partial charge in [-0.2, -0.15) is 23.4 Å². The van der Waals surface area contributed by atoms with Gasteiger partial charge in [-0.15, -0.1) is 11.3 Å². The maximum Gasteiger partial charge on any atom is 0.362 e. The smallest absolute Gasteiger partial charge is 0.362 e. The number of carbonyl (C=O) groups is 4. The number of carbonyl (C=O) groups excluding carboxylic acids is 3. The van der Waals surface area contributed by atoms with Crippen LogP contribution in [0.2, 0.25) is 0 Å². The number of aliphatic carboxylic acids is 1. The molecule has 3 heterocycles. The molecule has 20 nitrogen and oxygen atoms in total. The molecule has 0 bridgehead atoms. The highest BCUT2D eigenvalue weighted by atomic mass is 32.2. The Morgan fingerprint density at radius 3 is 2.62 bits per heavy atom. The summed E-state index contributed by atoms with van der Waals surface area (Å²) >= 11 is 0.955. The minimum atomic E-state index is -5.04. The van der Waals surface area contributed by atoms with E-state index in [-0.39, 0.29) is 40.2 Å². The Morgan fingerprint density at radius 1 is 1.29 bits per heavy atom. The van der Waals surface area contributed by atoms with Crippen LogP contribution in [-0.4, -0.2) is 103 Å². The molecule has 22 heteroatoms. The SMILES string of the molecule is NCCCNC(=O)NCc1cnn(CC2C(NC(=O)C(=NOC3(C(=O)O)CC3)c3csc(N)n3)C(=O)N2S(=O)(=O)O)n1. The van der Waals surface area contributed by atoms with E-state index < -0.39 is 64.1 Å². The van der Waals surface area contributed by atoms with E-state index in [4.69, 9.17) is 16.3 Å². The molecule has 1 saturated heterocycles. The second-order valence-corrected chi connectivity index (χ2v) is 11.4. The maximum atomic E-state index is 13.2.